The highest BCUT2D eigenvalue weighted by Crippen LogP contribution is 2.31. The zero-order valence-corrected chi connectivity index (χ0v) is 17.2. The van der Waals surface area contributed by atoms with Crippen LogP contribution in [0.4, 0.5) is 8.78 Å². The van der Waals surface area contributed by atoms with Crippen molar-refractivity contribution in [1.29, 1.82) is 0 Å². The Morgan fingerprint density at radius 1 is 1.13 bits per heavy atom. The van der Waals surface area contributed by atoms with Gasteiger partial charge in [0.15, 0.2) is 11.6 Å². The summed E-state index contributed by atoms with van der Waals surface area (Å²) < 4.78 is 26.6. The molecule has 4 rings (SSSR count). The van der Waals surface area contributed by atoms with Gasteiger partial charge in [0.1, 0.15) is 0 Å². The Balaban J connectivity index is 1.42. The van der Waals surface area contributed by atoms with Gasteiger partial charge in [-0.1, -0.05) is 18.2 Å². The molecule has 1 aliphatic heterocycles. The summed E-state index contributed by atoms with van der Waals surface area (Å²) in [7, 11) is 0. The second-order valence-electron chi connectivity index (χ2n) is 7.55. The average molecular weight is 428 g/mol. The van der Waals surface area contributed by atoms with Crippen molar-refractivity contribution >= 4 is 17.2 Å². The lowest BCUT2D eigenvalue weighted by Gasteiger charge is -2.36. The number of hydrogen-bond donors (Lipinski definition) is 1. The highest BCUT2D eigenvalue weighted by molar-refractivity contribution is 7.12. The Bertz CT molecular complexity index is 973. The summed E-state index contributed by atoms with van der Waals surface area (Å²) in [5, 5.41) is 5.07. The maximum absolute atomic E-state index is 13.5. The first-order valence-corrected chi connectivity index (χ1v) is 10.9. The summed E-state index contributed by atoms with van der Waals surface area (Å²) in [5.41, 5.74) is 1.63. The van der Waals surface area contributed by atoms with Gasteiger partial charge in [0.05, 0.1) is 16.6 Å². The molecule has 0 spiro atoms. The third-order valence-electron chi connectivity index (χ3n) is 5.53. The number of halogens is 2. The number of nitrogens with zero attached hydrogens (tertiary/aromatic N) is 2. The first-order chi connectivity index (χ1) is 14.6. The standard InChI is InChI=1S/C23H23F2N3OS/c24-18-7-6-16(14-19(18)25)15-28-11-8-17(9-12-28)22(20-4-1-2-10-26-20)27-23(29)21-5-3-13-30-21/h1-7,10,13-14,17,22H,8-9,11-12,15H2,(H,27,29)/t22-/m1/s1. The number of amides is 1. The highest BCUT2D eigenvalue weighted by Gasteiger charge is 2.30. The van der Waals surface area contributed by atoms with Crippen molar-refractivity contribution in [2.75, 3.05) is 13.1 Å². The molecular weight excluding hydrogens is 404 g/mol. The molecule has 1 saturated heterocycles. The summed E-state index contributed by atoms with van der Waals surface area (Å²) in [6, 6.07) is 13.3. The maximum Gasteiger partial charge on any atom is 0.261 e. The number of rotatable bonds is 6. The topological polar surface area (TPSA) is 45.2 Å². The normalized spacial score (nSPS) is 16.3. The Labute approximate surface area is 178 Å². The Morgan fingerprint density at radius 3 is 2.63 bits per heavy atom. The number of nitrogens with one attached hydrogen (secondary N) is 1. The third-order valence-corrected chi connectivity index (χ3v) is 6.40. The van der Waals surface area contributed by atoms with Gasteiger partial charge in [-0.2, -0.15) is 0 Å². The van der Waals surface area contributed by atoms with E-state index in [1.165, 1.54) is 23.5 Å². The fraction of sp³-hybridized carbons (Fsp3) is 0.304. The smallest absolute Gasteiger partial charge is 0.261 e. The molecule has 3 heterocycles. The molecule has 3 aromatic rings. The van der Waals surface area contributed by atoms with E-state index >= 15 is 0 Å². The maximum atomic E-state index is 13.5. The molecule has 1 atom stereocenters. The quantitative estimate of drug-likeness (QED) is 0.614. The molecule has 1 N–H and O–H groups in total. The zero-order chi connectivity index (χ0) is 20.9. The van der Waals surface area contributed by atoms with E-state index in [2.05, 4.69) is 15.2 Å². The van der Waals surface area contributed by atoms with Gasteiger partial charge in [-0.05, 0) is 73.1 Å². The van der Waals surface area contributed by atoms with Crippen LogP contribution in [0.25, 0.3) is 0 Å². The molecule has 1 aromatic carbocycles. The lowest BCUT2D eigenvalue weighted by Crippen LogP contribution is -2.40. The molecule has 7 heteroatoms. The Hall–Kier alpha value is -2.64. The molecule has 156 valence electrons. The van der Waals surface area contributed by atoms with E-state index < -0.39 is 11.6 Å². The third kappa shape index (κ3) is 4.91. The molecule has 0 radical (unpaired) electrons. The van der Waals surface area contributed by atoms with Gasteiger partial charge < -0.3 is 5.32 Å². The second-order valence-corrected chi connectivity index (χ2v) is 8.49. The molecule has 1 fully saturated rings. The van der Waals surface area contributed by atoms with Gasteiger partial charge in [-0.3, -0.25) is 14.7 Å². The fourth-order valence-corrected chi connectivity index (χ4v) is 4.58. The second kappa shape index (κ2) is 9.45. The van der Waals surface area contributed by atoms with Crippen LogP contribution in [0.2, 0.25) is 0 Å². The first-order valence-electron chi connectivity index (χ1n) is 10.0. The summed E-state index contributed by atoms with van der Waals surface area (Å²) in [6.07, 6.45) is 3.52. The number of thiophene rings is 1. The number of hydrogen-bond acceptors (Lipinski definition) is 4. The molecule has 1 amide bonds. The van der Waals surface area contributed by atoms with Crippen LogP contribution < -0.4 is 5.32 Å². The van der Waals surface area contributed by atoms with Crippen LogP contribution in [0.5, 0.6) is 0 Å². The Kier molecular flexibility index (Phi) is 6.50. The summed E-state index contributed by atoms with van der Waals surface area (Å²) in [4.78, 5) is 20.1. The SMILES string of the molecule is O=C(N[C@@H](c1ccccn1)C1CCN(Cc2ccc(F)c(F)c2)CC1)c1cccs1. The zero-order valence-electron chi connectivity index (χ0n) is 16.4. The van der Waals surface area contributed by atoms with Crippen LogP contribution in [0.1, 0.15) is 39.8 Å². The molecule has 2 aromatic heterocycles. The lowest BCUT2D eigenvalue weighted by molar-refractivity contribution is 0.0892. The minimum absolute atomic E-state index is 0.0788. The van der Waals surface area contributed by atoms with Crippen LogP contribution in [0.3, 0.4) is 0 Å². The van der Waals surface area contributed by atoms with Crippen molar-refractivity contribution in [2.24, 2.45) is 5.92 Å². The van der Waals surface area contributed by atoms with Gasteiger partial charge in [0.25, 0.3) is 5.91 Å². The van der Waals surface area contributed by atoms with E-state index in [4.69, 9.17) is 0 Å². The lowest BCUT2D eigenvalue weighted by atomic mass is 9.87. The molecule has 4 nitrogen and oxygen atoms in total. The summed E-state index contributed by atoms with van der Waals surface area (Å²) >= 11 is 1.42. The van der Waals surface area contributed by atoms with E-state index in [9.17, 15) is 13.6 Å². The van der Waals surface area contributed by atoms with Crippen molar-refractivity contribution in [2.45, 2.75) is 25.4 Å². The number of carbonyl (C=O) groups is 1. The number of pyridine rings is 1. The van der Waals surface area contributed by atoms with E-state index in [1.54, 1.807) is 12.3 Å². The van der Waals surface area contributed by atoms with Crippen LogP contribution in [-0.2, 0) is 6.54 Å². The van der Waals surface area contributed by atoms with E-state index in [0.717, 1.165) is 37.2 Å². The Morgan fingerprint density at radius 2 is 1.97 bits per heavy atom. The summed E-state index contributed by atoms with van der Waals surface area (Å²) in [6.45, 7) is 2.23. The molecule has 1 aliphatic rings. The van der Waals surface area contributed by atoms with E-state index in [0.29, 0.717) is 11.4 Å². The number of aromatic nitrogens is 1. The molecular formula is C23H23F2N3OS. The summed E-state index contributed by atoms with van der Waals surface area (Å²) in [5.74, 6) is -1.46. The minimum atomic E-state index is -0.822. The first kappa shape index (κ1) is 20.6. The van der Waals surface area contributed by atoms with E-state index in [-0.39, 0.29) is 17.9 Å². The van der Waals surface area contributed by atoms with E-state index in [1.807, 2.05) is 35.7 Å². The number of likely N-dealkylation sites (tertiary alicyclic amines) is 1. The van der Waals surface area contributed by atoms with Crippen LogP contribution in [-0.4, -0.2) is 28.9 Å². The monoisotopic (exact) mass is 427 g/mol. The van der Waals surface area contributed by atoms with Crippen LogP contribution >= 0.6 is 11.3 Å². The van der Waals surface area contributed by atoms with Gasteiger partial charge in [-0.15, -0.1) is 11.3 Å². The molecule has 30 heavy (non-hydrogen) atoms. The van der Waals surface area contributed by atoms with Crippen molar-refractivity contribution in [1.82, 2.24) is 15.2 Å². The highest BCUT2D eigenvalue weighted by atomic mass is 32.1. The number of benzene rings is 1. The largest absolute Gasteiger partial charge is 0.343 e. The van der Waals surface area contributed by atoms with Crippen molar-refractivity contribution in [3.8, 4) is 0 Å². The molecule has 0 bridgehead atoms. The van der Waals surface area contributed by atoms with Gasteiger partial charge >= 0.3 is 0 Å². The average Bonchev–Trinajstić information content (AvgIpc) is 3.31. The van der Waals surface area contributed by atoms with Crippen molar-refractivity contribution in [3.63, 3.8) is 0 Å². The van der Waals surface area contributed by atoms with Crippen molar-refractivity contribution in [3.05, 3.63) is 87.9 Å². The van der Waals surface area contributed by atoms with Gasteiger partial charge in [0.2, 0.25) is 0 Å². The predicted octanol–water partition coefficient (Wildman–Crippen LogP) is 4.80. The fourth-order valence-electron chi connectivity index (χ4n) is 3.95. The number of piperidine rings is 1. The molecule has 0 aliphatic carbocycles. The predicted molar refractivity (Wildman–Crippen MR) is 113 cm³/mol. The molecule has 0 unspecified atom stereocenters. The van der Waals surface area contributed by atoms with Crippen LogP contribution in [0.15, 0.2) is 60.1 Å². The van der Waals surface area contributed by atoms with Gasteiger partial charge in [0, 0.05) is 12.7 Å². The minimum Gasteiger partial charge on any atom is -0.343 e. The van der Waals surface area contributed by atoms with Gasteiger partial charge in [-0.25, -0.2) is 8.78 Å². The molecule has 0 saturated carbocycles. The van der Waals surface area contributed by atoms with Crippen LogP contribution in [0, 0.1) is 17.6 Å². The van der Waals surface area contributed by atoms with Crippen molar-refractivity contribution < 1.29 is 13.6 Å². The number of carbonyl (C=O) groups excluding carboxylic acids is 1.